The second-order valence-corrected chi connectivity index (χ2v) is 45.7. The van der Waals surface area contributed by atoms with Crippen molar-refractivity contribution < 1.29 is 84.6 Å². The first-order chi connectivity index (χ1) is 57.7. The molecular formula is C82H92BClF15N17O4Si2. The van der Waals surface area contributed by atoms with Gasteiger partial charge in [0.05, 0.1) is 89.4 Å². The maximum absolute atomic E-state index is 14.8. The number of benzene rings is 3. The Hall–Kier alpha value is -9.67. The lowest BCUT2D eigenvalue weighted by Gasteiger charge is -2.32. The topological polar surface area (TPSA) is 187 Å². The van der Waals surface area contributed by atoms with E-state index in [9.17, 15) is 65.9 Å². The number of rotatable bonds is 24. The molecule has 0 bridgehead atoms. The molecule has 0 saturated carbocycles. The zero-order valence-electron chi connectivity index (χ0n) is 68.5. The van der Waals surface area contributed by atoms with Crippen molar-refractivity contribution in [2.24, 2.45) is 4.99 Å². The third kappa shape index (κ3) is 21.6. The highest BCUT2D eigenvalue weighted by Gasteiger charge is 2.52. The second-order valence-electron chi connectivity index (χ2n) is 34.0. The van der Waals surface area contributed by atoms with Crippen LogP contribution in [0.4, 0.5) is 77.5 Å². The number of hydrogen-bond donors (Lipinski definition) is 0. The molecule has 16 rings (SSSR count). The molecule has 40 heteroatoms. The molecule has 0 N–H and O–H groups in total. The summed E-state index contributed by atoms with van der Waals surface area (Å²) in [6.07, 6.45) is 2.48. The van der Waals surface area contributed by atoms with Gasteiger partial charge in [0.1, 0.15) is 92.3 Å². The van der Waals surface area contributed by atoms with Crippen LogP contribution in [0.1, 0.15) is 93.0 Å². The van der Waals surface area contributed by atoms with E-state index in [4.69, 9.17) is 35.5 Å². The van der Waals surface area contributed by atoms with Crippen LogP contribution in [0.5, 0.6) is 0 Å². The highest BCUT2D eigenvalue weighted by Crippen LogP contribution is 2.45. The Morgan fingerprint density at radius 3 is 1.34 bits per heavy atom. The van der Waals surface area contributed by atoms with Gasteiger partial charge in [-0.15, -0.1) is 0 Å². The van der Waals surface area contributed by atoms with Gasteiger partial charge in [0.15, 0.2) is 22.9 Å². The van der Waals surface area contributed by atoms with Crippen LogP contribution >= 0.6 is 11.6 Å². The Labute approximate surface area is 701 Å². The normalized spacial score (nSPS) is 19.5. The van der Waals surface area contributed by atoms with Crippen LogP contribution in [0.25, 0.3) is 44.3 Å². The lowest BCUT2D eigenvalue weighted by Crippen LogP contribution is -2.41. The number of aromatic nitrogens is 13. The summed E-state index contributed by atoms with van der Waals surface area (Å²) in [5, 5.41) is 22.7. The van der Waals surface area contributed by atoms with Crippen molar-refractivity contribution in [3.8, 4) is 22.3 Å². The van der Waals surface area contributed by atoms with Gasteiger partial charge in [0, 0.05) is 142 Å². The minimum Gasteiger partial charge on any atom is -0.399 e. The summed E-state index contributed by atoms with van der Waals surface area (Å²) >= 11 is 6.18. The Morgan fingerprint density at radius 2 is 0.893 bits per heavy atom. The fourth-order valence-corrected chi connectivity index (χ4v) is 16.5. The largest absolute Gasteiger partial charge is 0.498 e. The van der Waals surface area contributed by atoms with Gasteiger partial charge in [-0.1, -0.05) is 50.9 Å². The predicted molar refractivity (Wildman–Crippen MR) is 438 cm³/mol. The molecule has 0 unspecified atom stereocenters. The summed E-state index contributed by atoms with van der Waals surface area (Å²) in [4.78, 5) is 22.9. The number of aliphatic imine (C=N–C) groups is 1. The Kier molecular flexibility index (Phi) is 27.6. The average Bonchev–Trinajstić information content (AvgIpc) is 1.61. The monoisotopic (exact) mass is 1770 g/mol. The van der Waals surface area contributed by atoms with Crippen LogP contribution in [0, 0.1) is 34.9 Å². The van der Waals surface area contributed by atoms with Crippen LogP contribution in [0.2, 0.25) is 56.4 Å². The van der Waals surface area contributed by atoms with Crippen molar-refractivity contribution in [3.63, 3.8) is 0 Å². The van der Waals surface area contributed by atoms with E-state index in [1.807, 2.05) is 27.7 Å². The first-order valence-electron chi connectivity index (χ1n) is 39.6. The van der Waals surface area contributed by atoms with Gasteiger partial charge in [0.25, 0.3) is 19.3 Å². The summed E-state index contributed by atoms with van der Waals surface area (Å²) < 4.78 is 235. The molecule has 4 saturated heterocycles. The summed E-state index contributed by atoms with van der Waals surface area (Å²) in [5.41, 5.74) is 4.75. The molecule has 4 fully saturated rings. The number of alkyl halides is 9. The Bertz CT molecular complexity index is 5500. The Morgan fingerprint density at radius 1 is 0.492 bits per heavy atom. The molecule has 5 aliphatic rings. The van der Waals surface area contributed by atoms with E-state index < -0.39 is 145 Å². The van der Waals surface area contributed by atoms with E-state index in [1.54, 1.807) is 54.7 Å². The quantitative estimate of drug-likeness (QED) is 0.0316. The van der Waals surface area contributed by atoms with E-state index in [1.165, 1.54) is 48.1 Å². The highest BCUT2D eigenvalue weighted by molar-refractivity contribution is 6.76. The molecule has 3 aromatic carbocycles. The van der Waals surface area contributed by atoms with Gasteiger partial charge >= 0.3 is 7.12 Å². The number of hydrogen-bond acceptors (Lipinski definition) is 16. The fraction of sp³-hybridized carbons (Fsp3) is 0.451. The maximum atomic E-state index is 14.8. The number of pyridine rings is 3. The zero-order chi connectivity index (χ0) is 87.6. The number of anilines is 2. The zero-order valence-corrected chi connectivity index (χ0v) is 71.3. The lowest BCUT2D eigenvalue weighted by atomic mass is 9.82. The molecule has 11 aromatic rings. The second kappa shape index (κ2) is 37.4. The molecule has 6 atom stereocenters. The van der Waals surface area contributed by atoms with Crippen molar-refractivity contribution in [1.29, 1.82) is 0 Å². The summed E-state index contributed by atoms with van der Waals surface area (Å²) in [6, 6.07) is 14.6. The standard InChI is InChI=1S/C27H31F5N6OSi.C22H26ClF3N4OSi.C22H18F5N5.C11H17BF2N2O2/c1-40(2,3)7-6-39-16-38-26-22(8-17(11-33-26)18-12-34-36(13-18)15-25(31)32)27(35-38)37-14-20(29)10-24(37)21-9-19(28)4-5-23(21)30;1-32(2,3)7-6-31-13-30-21-18(8-14(23)11-27-21)22(28-30)29-12-16(25)10-20(29)17-9-15(24)4-5-19(17)26;23-14-1-2-18(25)16(4-14)20-5-15(24)10-32(20)22-17-3-12(6-28-19(17)8-29-22)13-7-30-31(9-13)11-21(26)27;1-10(2)11(3,4)18-12(17-10)8-5-15-16(6-8)7-9(13)14/h4-5,8-9,11-13,20,24-25H,6-7,10,14-16H2,1-3H3;4-5,8-9,11,16,20H,6-7,10,12-13H2,1-3H3;1-4,6-7,9,15,20-21H,5,8,10-11H2;5-6,9H,7H2,1-4H3/t20-,24+;16-,20+;15-,20+;/m000./s1. The summed E-state index contributed by atoms with van der Waals surface area (Å²) in [6.45, 7) is 21.5. The van der Waals surface area contributed by atoms with Crippen LogP contribution in [-0.4, -0.2) is 180 Å². The van der Waals surface area contributed by atoms with Crippen molar-refractivity contribution in [2.45, 2.75) is 205 Å². The molecular weight excluding hydrogens is 1670 g/mol. The molecule has 13 heterocycles. The van der Waals surface area contributed by atoms with E-state index in [0.717, 1.165) is 76.0 Å². The molecule has 0 aliphatic carbocycles. The number of likely N-dealkylation sites (tertiary alicyclic amines) is 1. The number of fused-ring (bicyclic) bond motifs is 3. The number of halogens is 16. The molecule has 0 amide bonds. The molecule has 0 spiro atoms. The average molecular weight is 1770 g/mol. The van der Waals surface area contributed by atoms with Gasteiger partial charge in [-0.3, -0.25) is 24.0 Å². The van der Waals surface area contributed by atoms with E-state index in [0.29, 0.717) is 96.7 Å². The van der Waals surface area contributed by atoms with Gasteiger partial charge in [0.2, 0.25) is 0 Å². The fourth-order valence-electron chi connectivity index (χ4n) is 14.8. The lowest BCUT2D eigenvalue weighted by molar-refractivity contribution is 0.00578. The molecule has 8 aromatic heterocycles. The molecule has 0 radical (unpaired) electrons. The van der Waals surface area contributed by atoms with Gasteiger partial charge in [-0.25, -0.2) is 85.2 Å². The van der Waals surface area contributed by atoms with Crippen LogP contribution in [0.15, 0.2) is 134 Å². The van der Waals surface area contributed by atoms with Gasteiger partial charge < -0.3 is 33.5 Å². The molecule has 5 aliphatic heterocycles. The summed E-state index contributed by atoms with van der Waals surface area (Å²) in [7, 11) is -3.12. The third-order valence-corrected chi connectivity index (χ3v) is 25.3. The molecule has 122 heavy (non-hydrogen) atoms. The van der Waals surface area contributed by atoms with Crippen molar-refractivity contribution in [2.75, 3.05) is 42.6 Å². The van der Waals surface area contributed by atoms with Crippen molar-refractivity contribution in [3.05, 3.63) is 196 Å². The van der Waals surface area contributed by atoms with Gasteiger partial charge in [-0.2, -0.15) is 25.5 Å². The van der Waals surface area contributed by atoms with Crippen molar-refractivity contribution >= 4 is 79.9 Å². The smallest absolute Gasteiger partial charge is 0.399 e. The van der Waals surface area contributed by atoms with Gasteiger partial charge in [-0.05, 0) is 113 Å². The Balaban J connectivity index is 0.000000144. The van der Waals surface area contributed by atoms with Crippen LogP contribution < -0.4 is 15.3 Å². The van der Waals surface area contributed by atoms with Crippen LogP contribution in [-0.2, 0) is 58.4 Å². The number of amidine groups is 1. The van der Waals surface area contributed by atoms with E-state index >= 15 is 0 Å². The number of nitrogens with zero attached hydrogens (tertiary/aromatic N) is 17. The first kappa shape index (κ1) is 90.1. The minimum atomic E-state index is -2.55. The SMILES string of the molecule is CC1(C)OB(c2cnn(CC(F)F)c2)OC1(C)C.C[Si](C)(C)CCOCn1nc(N2C[C@@H](F)C[C@@H]2c2cc(F)ccc2F)c2cc(-c3cnn(CC(F)F)c3)cnc21.C[Si](C)(C)CCOCn1nc(N2C[C@@H](F)C[C@@H]2c2cc(F)ccc2F)c2cc(Cl)cnc21.Fc1ccc(F)c([C@H]2C[C@H](F)CN2C2=NCc3ncc(-c4cnn(CC(F)F)c4)cc32)c1. The van der Waals surface area contributed by atoms with Crippen molar-refractivity contribution in [1.82, 2.24) is 68.8 Å². The third-order valence-electron chi connectivity index (χ3n) is 21.7. The summed E-state index contributed by atoms with van der Waals surface area (Å²) in [5.74, 6) is -2.35. The predicted octanol–water partition coefficient (Wildman–Crippen LogP) is 18.4. The molecule has 652 valence electrons. The number of ether oxygens (including phenoxy) is 2. The van der Waals surface area contributed by atoms with E-state index in [-0.39, 0.29) is 75.6 Å². The maximum Gasteiger partial charge on any atom is 0.498 e. The molecule has 21 nitrogen and oxygen atoms in total. The minimum absolute atomic E-state index is 0.00452. The van der Waals surface area contributed by atoms with Crippen LogP contribution in [0.3, 0.4) is 0 Å². The highest BCUT2D eigenvalue weighted by atomic mass is 35.5. The van der Waals surface area contributed by atoms with E-state index in [2.05, 4.69) is 79.6 Å². The first-order valence-corrected chi connectivity index (χ1v) is 47.4.